The molecule has 2 amide bonds. The SMILES string of the molecule is CC/C=C\C/C=C/C/C=C/C/C=C/C/C=C/C/C=C\CCC(=O)NC(=O)OC[C@H]1C2=C(C(=O)C(C)=C(N)C2=O)N2C[C@H]3N[C@H]3[C@@]12OC. The van der Waals surface area contributed by atoms with Crippen molar-refractivity contribution in [3.05, 3.63) is 95.5 Å². The number of nitrogens with one attached hydrogen (secondary N) is 2. The van der Waals surface area contributed by atoms with Gasteiger partial charge in [-0.25, -0.2) is 4.79 Å². The van der Waals surface area contributed by atoms with E-state index in [1.807, 2.05) is 17.1 Å². The molecule has 0 bridgehead atoms. The molecule has 0 radical (unpaired) electrons. The van der Waals surface area contributed by atoms with Crippen molar-refractivity contribution < 1.29 is 28.7 Å². The van der Waals surface area contributed by atoms with Gasteiger partial charge in [0, 0.05) is 37.3 Å². The molecule has 4 N–H and O–H groups in total. The van der Waals surface area contributed by atoms with Crippen molar-refractivity contribution >= 4 is 23.6 Å². The number of allylic oxidation sites excluding steroid dienone is 14. The van der Waals surface area contributed by atoms with Crippen LogP contribution in [0.3, 0.4) is 0 Å². The number of ketones is 2. The number of ether oxygens (including phenoxy) is 2. The summed E-state index contributed by atoms with van der Waals surface area (Å²) in [4.78, 5) is 53.1. The summed E-state index contributed by atoms with van der Waals surface area (Å²) in [5.74, 6) is -2.01. The van der Waals surface area contributed by atoms with Crippen LogP contribution < -0.4 is 16.4 Å². The molecule has 0 aromatic rings. The number of imide groups is 1. The van der Waals surface area contributed by atoms with Gasteiger partial charge in [0.15, 0.2) is 5.72 Å². The van der Waals surface area contributed by atoms with Crippen molar-refractivity contribution in [2.45, 2.75) is 83.0 Å². The third kappa shape index (κ3) is 8.36. The van der Waals surface area contributed by atoms with Gasteiger partial charge in [0.2, 0.25) is 17.5 Å². The number of hydrogen-bond donors (Lipinski definition) is 3. The Hall–Kier alpha value is -4.28. The van der Waals surface area contributed by atoms with E-state index in [0.29, 0.717) is 13.0 Å². The molecular formula is C37H48N4O6. The van der Waals surface area contributed by atoms with Crippen LogP contribution in [0.5, 0.6) is 0 Å². The first-order valence-electron chi connectivity index (χ1n) is 16.5. The maximum Gasteiger partial charge on any atom is 0.413 e. The van der Waals surface area contributed by atoms with Gasteiger partial charge in [0.1, 0.15) is 6.61 Å². The third-order valence-corrected chi connectivity index (χ3v) is 8.84. The number of Topliss-reactive ketones (excluding diaryl/α,β-unsaturated/α-hetero) is 2. The molecule has 252 valence electrons. The molecule has 0 saturated carbocycles. The summed E-state index contributed by atoms with van der Waals surface area (Å²) in [6, 6.07) is -0.0395. The number of nitrogens with two attached hydrogens (primary N) is 1. The number of methoxy groups -OCH3 is 1. The van der Waals surface area contributed by atoms with Crippen LogP contribution in [-0.4, -0.2) is 66.5 Å². The average molecular weight is 645 g/mol. The van der Waals surface area contributed by atoms with Gasteiger partial charge in [-0.1, -0.05) is 79.8 Å². The van der Waals surface area contributed by atoms with Gasteiger partial charge in [0.05, 0.1) is 23.4 Å². The maximum atomic E-state index is 13.2. The first-order valence-corrected chi connectivity index (χ1v) is 16.5. The summed E-state index contributed by atoms with van der Waals surface area (Å²) in [6.07, 6.45) is 30.7. The third-order valence-electron chi connectivity index (χ3n) is 8.84. The fourth-order valence-corrected chi connectivity index (χ4v) is 6.37. The molecule has 0 aromatic heterocycles. The zero-order valence-electron chi connectivity index (χ0n) is 27.7. The van der Waals surface area contributed by atoms with Gasteiger partial charge >= 0.3 is 6.09 Å². The number of rotatable bonds is 17. The van der Waals surface area contributed by atoms with Crippen LogP contribution in [0, 0.1) is 5.92 Å². The molecular weight excluding hydrogens is 596 g/mol. The van der Waals surface area contributed by atoms with E-state index in [2.05, 4.69) is 78.3 Å². The zero-order chi connectivity index (χ0) is 33.8. The van der Waals surface area contributed by atoms with E-state index in [1.165, 1.54) is 14.0 Å². The molecule has 2 fully saturated rings. The second-order valence-electron chi connectivity index (χ2n) is 11.9. The number of hydrogen-bond acceptors (Lipinski definition) is 9. The van der Waals surface area contributed by atoms with Crippen LogP contribution in [0.1, 0.15) is 65.2 Å². The van der Waals surface area contributed by atoms with Gasteiger partial charge in [-0.2, -0.15) is 0 Å². The number of amides is 2. The Morgan fingerprint density at radius 3 is 2.02 bits per heavy atom. The Labute approximate surface area is 277 Å². The Bertz CT molecular complexity index is 1450. The van der Waals surface area contributed by atoms with Gasteiger partial charge in [-0.15, -0.1) is 0 Å². The molecule has 1 aliphatic carbocycles. The standard InChI is InChI=1S/C37H48N4O6/c1-4-5-6-7-8-9-10-11-12-13-14-15-16-17-18-19-20-21-22-23-29(42)40-36(45)47-25-27-30-32(33(43)26(2)31(38)34(30)44)41-24-28-35(39-28)37(27,41)46-3/h5-6,8-9,11-12,14-15,17-18,20-21,27-28,35,39H,4,7,10,13,16,19,22-25,38H2,1-3H3,(H,40,42,45)/b6-5-,9-8+,12-11+,15-14+,18-17+,21-20-/t27-,28+,35+,37-/m0/s1. The summed E-state index contributed by atoms with van der Waals surface area (Å²) in [5, 5.41) is 5.56. The lowest BCUT2D eigenvalue weighted by Gasteiger charge is -2.39. The van der Waals surface area contributed by atoms with Crippen LogP contribution in [0.2, 0.25) is 0 Å². The largest absolute Gasteiger partial charge is 0.448 e. The number of carbonyl (C=O) groups excluding carboxylic acids is 4. The minimum absolute atomic E-state index is 0.0994. The Morgan fingerprint density at radius 2 is 1.47 bits per heavy atom. The second-order valence-corrected chi connectivity index (χ2v) is 11.9. The molecule has 0 unspecified atom stereocenters. The van der Waals surface area contributed by atoms with E-state index < -0.39 is 29.4 Å². The second kappa shape index (κ2) is 17.0. The fourth-order valence-electron chi connectivity index (χ4n) is 6.37. The molecule has 47 heavy (non-hydrogen) atoms. The van der Waals surface area contributed by atoms with E-state index in [9.17, 15) is 19.2 Å². The Balaban J connectivity index is 1.13. The monoisotopic (exact) mass is 644 g/mol. The van der Waals surface area contributed by atoms with Crippen LogP contribution in [0.15, 0.2) is 95.5 Å². The molecule has 10 nitrogen and oxygen atoms in total. The van der Waals surface area contributed by atoms with Crippen molar-refractivity contribution in [1.29, 1.82) is 0 Å². The summed E-state index contributed by atoms with van der Waals surface area (Å²) in [7, 11) is 1.51. The normalized spacial score (nSPS) is 25.5. The van der Waals surface area contributed by atoms with Crippen molar-refractivity contribution in [2.75, 3.05) is 20.3 Å². The van der Waals surface area contributed by atoms with E-state index in [0.717, 1.165) is 38.5 Å². The predicted octanol–water partition coefficient (Wildman–Crippen LogP) is 4.98. The summed E-state index contributed by atoms with van der Waals surface area (Å²) in [5.41, 5.74) is 5.48. The molecule has 4 aliphatic rings. The number of piperazine rings is 1. The lowest BCUT2D eigenvalue weighted by atomic mass is 9.82. The quantitative estimate of drug-likeness (QED) is 0.113. The van der Waals surface area contributed by atoms with Gasteiger partial charge in [0.25, 0.3) is 0 Å². The number of nitrogens with zero attached hydrogens (tertiary/aromatic N) is 1. The summed E-state index contributed by atoms with van der Waals surface area (Å²) in [6.45, 7) is 3.90. The van der Waals surface area contributed by atoms with E-state index in [1.54, 1.807) is 0 Å². The molecule has 10 heteroatoms. The first kappa shape index (κ1) is 35.6. The smallest absolute Gasteiger partial charge is 0.413 e. The molecule has 4 atom stereocenters. The predicted molar refractivity (Wildman–Crippen MR) is 182 cm³/mol. The maximum absolute atomic E-state index is 13.2. The molecule has 3 heterocycles. The van der Waals surface area contributed by atoms with Crippen molar-refractivity contribution in [1.82, 2.24) is 15.5 Å². The van der Waals surface area contributed by atoms with Crippen LogP contribution in [-0.2, 0) is 23.9 Å². The van der Waals surface area contributed by atoms with Crippen molar-refractivity contribution in [3.8, 4) is 0 Å². The van der Waals surface area contributed by atoms with E-state index >= 15 is 0 Å². The lowest BCUT2D eigenvalue weighted by molar-refractivity contribution is -0.137. The highest BCUT2D eigenvalue weighted by molar-refractivity contribution is 6.25. The van der Waals surface area contributed by atoms with Gasteiger partial charge < -0.3 is 25.4 Å². The molecule has 3 aliphatic heterocycles. The highest BCUT2D eigenvalue weighted by atomic mass is 16.6. The van der Waals surface area contributed by atoms with E-state index in [4.69, 9.17) is 15.2 Å². The van der Waals surface area contributed by atoms with Crippen LogP contribution >= 0.6 is 0 Å². The highest BCUT2D eigenvalue weighted by Gasteiger charge is 2.72. The fraction of sp³-hybridized carbons (Fsp3) is 0.459. The minimum atomic E-state index is -1.06. The van der Waals surface area contributed by atoms with Crippen molar-refractivity contribution in [3.63, 3.8) is 0 Å². The van der Waals surface area contributed by atoms with E-state index in [-0.39, 0.29) is 53.4 Å². The Morgan fingerprint density at radius 1 is 0.915 bits per heavy atom. The van der Waals surface area contributed by atoms with Crippen molar-refractivity contribution in [2.24, 2.45) is 11.7 Å². The average Bonchev–Trinajstić information content (AvgIpc) is 3.68. The van der Waals surface area contributed by atoms with Crippen LogP contribution in [0.25, 0.3) is 0 Å². The summed E-state index contributed by atoms with van der Waals surface area (Å²) >= 11 is 0. The molecule has 2 saturated heterocycles. The first-order chi connectivity index (χ1) is 22.8. The lowest BCUT2D eigenvalue weighted by Crippen LogP contribution is -2.55. The number of carbonyl (C=O) groups is 4. The van der Waals surface area contributed by atoms with Gasteiger partial charge in [-0.3, -0.25) is 19.7 Å². The van der Waals surface area contributed by atoms with Crippen LogP contribution in [0.4, 0.5) is 4.79 Å². The topological polar surface area (TPSA) is 150 Å². The van der Waals surface area contributed by atoms with Gasteiger partial charge in [-0.05, 0) is 51.9 Å². The summed E-state index contributed by atoms with van der Waals surface area (Å²) < 4.78 is 11.4. The molecule has 4 rings (SSSR count). The minimum Gasteiger partial charge on any atom is -0.448 e. The highest BCUT2D eigenvalue weighted by Crippen LogP contribution is 2.55. The molecule has 0 spiro atoms. The molecule has 0 aromatic carbocycles. The zero-order valence-corrected chi connectivity index (χ0v) is 27.7. The number of fused-ring (bicyclic) bond motifs is 4. The Kier molecular flexibility index (Phi) is 12.9. The number of alkyl carbamates (subject to hydrolysis) is 1.